The van der Waals surface area contributed by atoms with Crippen LogP contribution in [0.25, 0.3) is 0 Å². The molecule has 122 valence electrons. The van der Waals surface area contributed by atoms with Crippen molar-refractivity contribution in [1.29, 1.82) is 0 Å². The molecule has 1 unspecified atom stereocenters. The summed E-state index contributed by atoms with van der Waals surface area (Å²) in [4.78, 5) is 18.2. The molecular weight excluding hydrogens is 302 g/mol. The Hall–Kier alpha value is -1.33. The number of nitrogens with zero attached hydrogens (tertiary/aromatic N) is 2. The summed E-state index contributed by atoms with van der Waals surface area (Å²) in [6, 6.07) is 3.98. The van der Waals surface area contributed by atoms with E-state index < -0.39 is 5.60 Å². The van der Waals surface area contributed by atoms with Crippen LogP contribution in [0.1, 0.15) is 32.8 Å². The first-order valence-electron chi connectivity index (χ1n) is 7.64. The van der Waals surface area contributed by atoms with E-state index in [1.165, 1.54) is 5.56 Å². The number of carbonyl (C=O) groups excluding carboxylic acids is 1. The van der Waals surface area contributed by atoms with Gasteiger partial charge in [-0.15, -0.1) is 0 Å². The number of likely N-dealkylation sites (tertiary alicyclic amines) is 1. The molecule has 22 heavy (non-hydrogen) atoms. The highest BCUT2D eigenvalue weighted by Crippen LogP contribution is 2.13. The van der Waals surface area contributed by atoms with Gasteiger partial charge in [0.05, 0.1) is 0 Å². The van der Waals surface area contributed by atoms with Gasteiger partial charge in [0.25, 0.3) is 0 Å². The number of hydrogen-bond acceptors (Lipinski definition) is 4. The number of nitrogens with one attached hydrogen (secondary N) is 1. The zero-order valence-electron chi connectivity index (χ0n) is 13.4. The smallest absolute Gasteiger partial charge is 0.407 e. The molecule has 0 bridgehead atoms. The van der Waals surface area contributed by atoms with Gasteiger partial charge in [-0.25, -0.2) is 9.78 Å². The number of pyridine rings is 1. The average molecular weight is 326 g/mol. The van der Waals surface area contributed by atoms with Gasteiger partial charge in [0, 0.05) is 31.9 Å². The van der Waals surface area contributed by atoms with Gasteiger partial charge in [-0.3, -0.25) is 0 Å². The van der Waals surface area contributed by atoms with E-state index in [9.17, 15) is 4.79 Å². The number of rotatable bonds is 4. The van der Waals surface area contributed by atoms with Gasteiger partial charge in [-0.2, -0.15) is 0 Å². The summed E-state index contributed by atoms with van der Waals surface area (Å²) < 4.78 is 5.29. The number of aromatic nitrogens is 1. The first kappa shape index (κ1) is 17.0. The Kier molecular flexibility index (Phi) is 5.64. The molecule has 1 amide bonds. The Balaban J connectivity index is 1.71. The Labute approximate surface area is 137 Å². The van der Waals surface area contributed by atoms with E-state index in [4.69, 9.17) is 16.3 Å². The van der Waals surface area contributed by atoms with Crippen LogP contribution in [-0.4, -0.2) is 47.3 Å². The lowest BCUT2D eigenvalue weighted by molar-refractivity contribution is 0.0506. The summed E-state index contributed by atoms with van der Waals surface area (Å²) in [7, 11) is 0. The lowest BCUT2D eigenvalue weighted by Crippen LogP contribution is -2.40. The first-order valence-corrected chi connectivity index (χ1v) is 8.02. The van der Waals surface area contributed by atoms with Crippen molar-refractivity contribution in [3.8, 4) is 0 Å². The van der Waals surface area contributed by atoms with Crippen LogP contribution in [0.4, 0.5) is 4.79 Å². The highest BCUT2D eigenvalue weighted by molar-refractivity contribution is 6.29. The Morgan fingerprint density at radius 3 is 2.91 bits per heavy atom. The SMILES string of the molecule is CC(C)(C)OC(=O)NC1CCN(CCc2ccc(Cl)nc2)C1. The fourth-order valence-electron chi connectivity index (χ4n) is 2.47. The Morgan fingerprint density at radius 2 is 2.27 bits per heavy atom. The molecule has 0 aromatic carbocycles. The fraction of sp³-hybridized carbons (Fsp3) is 0.625. The van der Waals surface area contributed by atoms with Crippen molar-refractivity contribution in [1.82, 2.24) is 15.2 Å². The summed E-state index contributed by atoms with van der Waals surface area (Å²) in [6.07, 6.45) is 3.37. The molecule has 1 aromatic heterocycles. The topological polar surface area (TPSA) is 54.5 Å². The van der Waals surface area contributed by atoms with Gasteiger partial charge in [-0.05, 0) is 45.2 Å². The van der Waals surface area contributed by atoms with Crippen molar-refractivity contribution in [3.63, 3.8) is 0 Å². The minimum Gasteiger partial charge on any atom is -0.444 e. The van der Waals surface area contributed by atoms with E-state index in [1.807, 2.05) is 39.1 Å². The minimum absolute atomic E-state index is 0.165. The number of amides is 1. The maximum absolute atomic E-state index is 11.8. The number of halogens is 1. The largest absolute Gasteiger partial charge is 0.444 e. The van der Waals surface area contributed by atoms with Crippen LogP contribution in [0, 0.1) is 0 Å². The molecule has 0 saturated carbocycles. The van der Waals surface area contributed by atoms with E-state index in [-0.39, 0.29) is 12.1 Å². The normalized spacial score (nSPS) is 19.2. The summed E-state index contributed by atoms with van der Waals surface area (Å²) in [5.41, 5.74) is 0.720. The maximum Gasteiger partial charge on any atom is 0.407 e. The van der Waals surface area contributed by atoms with Crippen LogP contribution >= 0.6 is 11.6 Å². The van der Waals surface area contributed by atoms with Crippen LogP contribution in [0.5, 0.6) is 0 Å². The highest BCUT2D eigenvalue weighted by atomic mass is 35.5. The predicted octanol–water partition coefficient (Wildman–Crippen LogP) is 2.88. The first-order chi connectivity index (χ1) is 10.3. The Bertz CT molecular complexity index is 499. The maximum atomic E-state index is 11.8. The molecule has 2 heterocycles. The van der Waals surface area contributed by atoms with Gasteiger partial charge in [0.15, 0.2) is 0 Å². The molecule has 0 aliphatic carbocycles. The van der Waals surface area contributed by atoms with E-state index >= 15 is 0 Å². The molecule has 0 spiro atoms. The highest BCUT2D eigenvalue weighted by Gasteiger charge is 2.25. The molecule has 1 atom stereocenters. The third kappa shape index (κ3) is 5.81. The molecule has 2 rings (SSSR count). The number of hydrogen-bond donors (Lipinski definition) is 1. The molecule has 0 radical (unpaired) electrons. The van der Waals surface area contributed by atoms with Crippen molar-refractivity contribution in [2.24, 2.45) is 0 Å². The molecule has 6 heteroatoms. The fourth-order valence-corrected chi connectivity index (χ4v) is 2.58. The van der Waals surface area contributed by atoms with Gasteiger partial charge < -0.3 is 15.0 Å². The molecular formula is C16H24ClN3O2. The van der Waals surface area contributed by atoms with Crippen LogP contribution in [-0.2, 0) is 11.2 Å². The van der Waals surface area contributed by atoms with E-state index in [0.717, 1.165) is 32.5 Å². The van der Waals surface area contributed by atoms with Crippen molar-refractivity contribution in [2.45, 2.75) is 45.3 Å². The van der Waals surface area contributed by atoms with Gasteiger partial charge in [0.2, 0.25) is 0 Å². The van der Waals surface area contributed by atoms with Crippen molar-refractivity contribution < 1.29 is 9.53 Å². The molecule has 1 aliphatic heterocycles. The van der Waals surface area contributed by atoms with Crippen LogP contribution in [0.15, 0.2) is 18.3 Å². The molecule has 1 aromatic rings. The standard InChI is InChI=1S/C16H24ClN3O2/c1-16(2,3)22-15(21)19-13-7-9-20(11-13)8-6-12-4-5-14(17)18-10-12/h4-5,10,13H,6-9,11H2,1-3H3,(H,19,21). The van der Waals surface area contributed by atoms with E-state index in [1.54, 1.807) is 0 Å². The third-order valence-electron chi connectivity index (χ3n) is 3.50. The summed E-state index contributed by atoms with van der Waals surface area (Å²) in [5.74, 6) is 0. The lowest BCUT2D eigenvalue weighted by atomic mass is 10.2. The molecule has 1 aliphatic rings. The minimum atomic E-state index is -0.454. The summed E-state index contributed by atoms with van der Waals surface area (Å²) >= 11 is 5.78. The van der Waals surface area contributed by atoms with Crippen LogP contribution in [0.2, 0.25) is 5.15 Å². The van der Waals surface area contributed by atoms with Gasteiger partial charge in [-0.1, -0.05) is 17.7 Å². The quantitative estimate of drug-likeness (QED) is 0.865. The number of carbonyl (C=O) groups is 1. The zero-order chi connectivity index (χ0) is 16.2. The summed E-state index contributed by atoms with van der Waals surface area (Å²) in [5, 5.41) is 3.46. The second-order valence-corrected chi connectivity index (χ2v) is 7.06. The second kappa shape index (κ2) is 7.29. The van der Waals surface area contributed by atoms with Crippen LogP contribution in [0.3, 0.4) is 0 Å². The molecule has 1 saturated heterocycles. The van der Waals surface area contributed by atoms with Crippen LogP contribution < -0.4 is 5.32 Å². The number of alkyl carbamates (subject to hydrolysis) is 1. The lowest BCUT2D eigenvalue weighted by Gasteiger charge is -2.22. The van der Waals surface area contributed by atoms with Crippen molar-refractivity contribution >= 4 is 17.7 Å². The van der Waals surface area contributed by atoms with Gasteiger partial charge >= 0.3 is 6.09 Å². The van der Waals surface area contributed by atoms with Crippen molar-refractivity contribution in [2.75, 3.05) is 19.6 Å². The van der Waals surface area contributed by atoms with Crippen molar-refractivity contribution in [3.05, 3.63) is 29.0 Å². The monoisotopic (exact) mass is 325 g/mol. The second-order valence-electron chi connectivity index (χ2n) is 6.67. The zero-order valence-corrected chi connectivity index (χ0v) is 14.2. The molecule has 1 N–H and O–H groups in total. The molecule has 1 fully saturated rings. The molecule has 5 nitrogen and oxygen atoms in total. The Morgan fingerprint density at radius 1 is 1.50 bits per heavy atom. The predicted molar refractivity (Wildman–Crippen MR) is 87.2 cm³/mol. The van der Waals surface area contributed by atoms with E-state index in [2.05, 4.69) is 15.2 Å². The summed E-state index contributed by atoms with van der Waals surface area (Å²) in [6.45, 7) is 8.41. The van der Waals surface area contributed by atoms with E-state index in [0.29, 0.717) is 5.15 Å². The number of ether oxygens (including phenoxy) is 1. The third-order valence-corrected chi connectivity index (χ3v) is 3.72. The average Bonchev–Trinajstić information content (AvgIpc) is 2.83. The van der Waals surface area contributed by atoms with Gasteiger partial charge in [0.1, 0.15) is 10.8 Å².